The quantitative estimate of drug-likeness (QED) is 0.341. The van der Waals surface area contributed by atoms with Crippen LogP contribution in [-0.4, -0.2) is 54.5 Å². The van der Waals surface area contributed by atoms with E-state index < -0.39 is 10.0 Å². The number of benzene rings is 2. The number of thiazole rings is 1. The molecule has 2 aromatic heterocycles. The van der Waals surface area contributed by atoms with Crippen LogP contribution in [0.3, 0.4) is 0 Å². The number of sulfonamides is 1. The summed E-state index contributed by atoms with van der Waals surface area (Å²) in [7, 11) is -3.70. The van der Waals surface area contributed by atoms with Gasteiger partial charge in [0.15, 0.2) is 5.13 Å². The third-order valence-corrected chi connectivity index (χ3v) is 9.22. The lowest BCUT2D eigenvalue weighted by molar-refractivity contribution is -0.136. The van der Waals surface area contributed by atoms with E-state index in [1.54, 1.807) is 23.7 Å². The van der Waals surface area contributed by atoms with Gasteiger partial charge in [0, 0.05) is 66.0 Å². The van der Waals surface area contributed by atoms with E-state index in [0.29, 0.717) is 29.8 Å². The van der Waals surface area contributed by atoms with Crippen molar-refractivity contribution in [3.8, 4) is 0 Å². The molecule has 3 heterocycles. The topological polar surface area (TPSA) is 87.5 Å². The second-order valence-corrected chi connectivity index (χ2v) is 12.3. The number of aryl methyl sites for hydroxylation is 1. The Morgan fingerprint density at radius 3 is 2.62 bits per heavy atom. The van der Waals surface area contributed by atoms with Crippen LogP contribution in [0, 0.1) is 6.92 Å². The average molecular weight is 560 g/mol. The maximum atomic E-state index is 13.6. The summed E-state index contributed by atoms with van der Waals surface area (Å²) >= 11 is 7.39. The van der Waals surface area contributed by atoms with Crippen LogP contribution in [0.4, 0.5) is 10.8 Å². The number of rotatable bonds is 6. The van der Waals surface area contributed by atoms with Crippen molar-refractivity contribution in [2.24, 2.45) is 0 Å². The van der Waals surface area contributed by atoms with Crippen LogP contribution < -0.4 is 9.62 Å². The van der Waals surface area contributed by atoms with Crippen LogP contribution in [0.5, 0.6) is 0 Å². The lowest BCUT2D eigenvalue weighted by atomic mass is 10.1. The number of amides is 1. The van der Waals surface area contributed by atoms with Crippen molar-refractivity contribution in [2.75, 3.05) is 29.3 Å². The number of piperazine rings is 1. The molecule has 2 aromatic carbocycles. The number of hydrogen-bond donors (Lipinski definition) is 1. The lowest BCUT2D eigenvalue weighted by Gasteiger charge is -2.42. The Labute approximate surface area is 227 Å². The molecular weight excluding hydrogens is 530 g/mol. The molecule has 2 unspecified atom stereocenters. The molecule has 1 fully saturated rings. The number of halogens is 1. The first kappa shape index (κ1) is 25.6. The summed E-state index contributed by atoms with van der Waals surface area (Å²) in [6.45, 7) is 7.90. The van der Waals surface area contributed by atoms with Gasteiger partial charge in [-0.15, -0.1) is 11.3 Å². The van der Waals surface area contributed by atoms with Gasteiger partial charge in [-0.2, -0.15) is 0 Å². The predicted octanol–water partition coefficient (Wildman–Crippen LogP) is 5.40. The Morgan fingerprint density at radius 2 is 1.95 bits per heavy atom. The van der Waals surface area contributed by atoms with E-state index in [1.165, 1.54) is 11.3 Å². The Kier molecular flexibility index (Phi) is 6.91. The number of nitrogens with zero attached hydrogens (tertiary/aromatic N) is 4. The van der Waals surface area contributed by atoms with Crippen LogP contribution in [0.25, 0.3) is 10.9 Å². The first-order valence-corrected chi connectivity index (χ1v) is 14.7. The van der Waals surface area contributed by atoms with Gasteiger partial charge in [-0.3, -0.25) is 9.52 Å². The summed E-state index contributed by atoms with van der Waals surface area (Å²) in [6.07, 6.45) is 1.55. The molecule has 0 bridgehead atoms. The number of carbonyl (C=O) groups is 1. The Morgan fingerprint density at radius 1 is 1.19 bits per heavy atom. The summed E-state index contributed by atoms with van der Waals surface area (Å²) < 4.78 is 29.8. The summed E-state index contributed by atoms with van der Waals surface area (Å²) in [6, 6.07) is 14.3. The number of nitrogens with one attached hydrogen (secondary N) is 1. The predicted molar refractivity (Wildman–Crippen MR) is 151 cm³/mol. The van der Waals surface area contributed by atoms with Crippen LogP contribution in [0.2, 0.25) is 5.02 Å². The Balaban J connectivity index is 0.00000336. The molecular formula is C26H30ClN5O3S2. The zero-order valence-electron chi connectivity index (χ0n) is 20.8. The fourth-order valence-electron chi connectivity index (χ4n) is 5.01. The molecule has 1 saturated heterocycles. The second-order valence-electron chi connectivity index (χ2n) is 9.30. The van der Waals surface area contributed by atoms with Gasteiger partial charge in [0.05, 0.1) is 4.90 Å². The van der Waals surface area contributed by atoms with Crippen molar-refractivity contribution in [2.45, 2.75) is 37.8 Å². The first-order valence-electron chi connectivity index (χ1n) is 12.0. The van der Waals surface area contributed by atoms with Crippen molar-refractivity contribution in [3.05, 3.63) is 70.8 Å². The second kappa shape index (κ2) is 10.00. The average Bonchev–Trinajstić information content (AvgIpc) is 3.49. The highest BCUT2D eigenvalue weighted by atomic mass is 35.5. The number of hydrogen-bond acceptors (Lipinski definition) is 6. The standard InChI is InChI=1S/C26H28ClN5O3S2.H2/c1-17-14-20-15-21(27)4-9-24(20)32(17)19(3)25(33)31-12-11-30(16-18(31)2)22-5-7-23(8-6-22)37(34,35)29-26-28-10-13-36-26;/h4-10,13-15,18-19H,11-12,16H2,1-3H3,(H,28,29);1H. The molecule has 196 valence electrons. The van der Waals surface area contributed by atoms with E-state index in [9.17, 15) is 13.2 Å². The van der Waals surface area contributed by atoms with E-state index in [1.807, 2.05) is 56.0 Å². The normalized spacial score (nSPS) is 17.2. The van der Waals surface area contributed by atoms with Gasteiger partial charge in [-0.1, -0.05) is 11.6 Å². The molecule has 8 nitrogen and oxygen atoms in total. The molecule has 11 heteroatoms. The molecule has 1 aliphatic heterocycles. The van der Waals surface area contributed by atoms with Gasteiger partial charge in [-0.05, 0) is 69.3 Å². The lowest BCUT2D eigenvalue weighted by Crippen LogP contribution is -2.55. The van der Waals surface area contributed by atoms with E-state index >= 15 is 0 Å². The molecule has 37 heavy (non-hydrogen) atoms. The molecule has 0 radical (unpaired) electrons. The third kappa shape index (κ3) is 5.05. The van der Waals surface area contributed by atoms with Crippen molar-refractivity contribution in [1.29, 1.82) is 0 Å². The highest BCUT2D eigenvalue weighted by molar-refractivity contribution is 7.93. The third-order valence-electron chi connectivity index (χ3n) is 6.81. The molecule has 0 spiro atoms. The van der Waals surface area contributed by atoms with Crippen molar-refractivity contribution in [3.63, 3.8) is 0 Å². The zero-order valence-corrected chi connectivity index (χ0v) is 23.1. The number of anilines is 2. The largest absolute Gasteiger partial charge is 0.368 e. The summed E-state index contributed by atoms with van der Waals surface area (Å²) in [4.78, 5) is 21.9. The van der Waals surface area contributed by atoms with Gasteiger partial charge < -0.3 is 14.4 Å². The molecule has 2 atom stereocenters. The molecule has 5 rings (SSSR count). The number of carbonyl (C=O) groups excluding carboxylic acids is 1. The van der Waals surface area contributed by atoms with Gasteiger partial charge in [0.1, 0.15) is 6.04 Å². The van der Waals surface area contributed by atoms with E-state index in [4.69, 9.17) is 11.6 Å². The molecule has 1 aliphatic rings. The minimum atomic E-state index is -3.70. The van der Waals surface area contributed by atoms with E-state index in [-0.39, 0.29) is 24.3 Å². The van der Waals surface area contributed by atoms with Crippen LogP contribution in [0.15, 0.2) is 65.0 Å². The number of fused-ring (bicyclic) bond motifs is 1. The molecule has 4 aromatic rings. The molecule has 0 aliphatic carbocycles. The van der Waals surface area contributed by atoms with Crippen molar-refractivity contribution >= 4 is 60.6 Å². The van der Waals surface area contributed by atoms with Gasteiger partial charge in [-0.25, -0.2) is 13.4 Å². The highest BCUT2D eigenvalue weighted by Gasteiger charge is 2.32. The maximum absolute atomic E-state index is 13.6. The Hall–Kier alpha value is -3.08. The van der Waals surface area contributed by atoms with Gasteiger partial charge in [0.25, 0.3) is 10.0 Å². The Bertz CT molecular complexity index is 1540. The molecule has 1 amide bonds. The minimum Gasteiger partial charge on any atom is -0.368 e. The van der Waals surface area contributed by atoms with Crippen LogP contribution in [0.1, 0.15) is 27.0 Å². The summed E-state index contributed by atoms with van der Waals surface area (Å²) in [5, 5.41) is 3.75. The van der Waals surface area contributed by atoms with Crippen LogP contribution >= 0.6 is 22.9 Å². The fraction of sp³-hybridized carbons (Fsp3) is 0.308. The van der Waals surface area contributed by atoms with Crippen molar-refractivity contribution in [1.82, 2.24) is 14.5 Å². The molecule has 0 saturated carbocycles. The number of aromatic nitrogens is 2. The highest BCUT2D eigenvalue weighted by Crippen LogP contribution is 2.29. The van der Waals surface area contributed by atoms with Crippen molar-refractivity contribution < 1.29 is 14.6 Å². The monoisotopic (exact) mass is 559 g/mol. The van der Waals surface area contributed by atoms with E-state index in [2.05, 4.69) is 25.2 Å². The SMILES string of the molecule is Cc1cc2cc(Cl)ccc2n1C(C)C(=O)N1CCN(c2ccc(S(=O)(=O)Nc3nccs3)cc2)CC1C.[HH]. The van der Waals surface area contributed by atoms with E-state index in [0.717, 1.165) is 22.3 Å². The molecule has 1 N–H and O–H groups in total. The fourth-order valence-corrected chi connectivity index (χ4v) is 6.98. The van der Waals surface area contributed by atoms with Crippen LogP contribution in [-0.2, 0) is 14.8 Å². The summed E-state index contributed by atoms with van der Waals surface area (Å²) in [5.41, 5.74) is 2.93. The smallest absolute Gasteiger partial charge is 0.263 e. The first-order chi connectivity index (χ1) is 17.6. The summed E-state index contributed by atoms with van der Waals surface area (Å²) in [5.74, 6) is 0.0809. The van der Waals surface area contributed by atoms with Gasteiger partial charge >= 0.3 is 0 Å². The zero-order chi connectivity index (χ0) is 26.3. The van der Waals surface area contributed by atoms with Gasteiger partial charge in [0.2, 0.25) is 5.91 Å². The maximum Gasteiger partial charge on any atom is 0.263 e. The minimum absolute atomic E-state index is 0.